The Labute approximate surface area is 270 Å². The lowest BCUT2D eigenvalue weighted by molar-refractivity contribution is 0.423. The van der Waals surface area contributed by atoms with Gasteiger partial charge in [-0.25, -0.2) is 0 Å². The number of anilines is 3. The molecule has 0 fully saturated rings. The van der Waals surface area contributed by atoms with E-state index < -0.39 is 0 Å². The molecule has 222 valence electrons. The van der Waals surface area contributed by atoms with Crippen molar-refractivity contribution in [3.63, 3.8) is 0 Å². The van der Waals surface area contributed by atoms with Crippen LogP contribution in [0.15, 0.2) is 164 Å². The molecule has 8 rings (SSSR count). The zero-order valence-electron chi connectivity index (χ0n) is 26.5. The highest BCUT2D eigenvalue weighted by Gasteiger charge is 2.22. The van der Waals surface area contributed by atoms with Gasteiger partial charge in [0.2, 0.25) is 0 Å². The van der Waals surface area contributed by atoms with Crippen LogP contribution in [0.25, 0.3) is 54.8 Å². The largest absolute Gasteiger partial charge is 0.335 e. The van der Waals surface area contributed by atoms with E-state index in [2.05, 4.69) is 194 Å². The second-order valence-corrected chi connectivity index (χ2v) is 13.0. The molecule has 2 nitrogen and oxygen atoms in total. The molecule has 0 amide bonds. The lowest BCUT2D eigenvalue weighted by atomic mass is 9.95. The van der Waals surface area contributed by atoms with E-state index in [-0.39, 0.29) is 5.54 Å². The van der Waals surface area contributed by atoms with Gasteiger partial charge in [0.1, 0.15) is 0 Å². The van der Waals surface area contributed by atoms with Gasteiger partial charge >= 0.3 is 0 Å². The molecule has 0 unspecified atom stereocenters. The minimum atomic E-state index is -0.0453. The minimum absolute atomic E-state index is 0.0453. The van der Waals surface area contributed by atoms with Gasteiger partial charge in [-0.2, -0.15) is 0 Å². The highest BCUT2D eigenvalue weighted by atomic mass is 15.1. The van der Waals surface area contributed by atoms with Gasteiger partial charge in [0.15, 0.2) is 0 Å². The summed E-state index contributed by atoms with van der Waals surface area (Å²) in [7, 11) is 0. The minimum Gasteiger partial charge on any atom is -0.335 e. The standard InChI is InChI=1S/C44H36N2/c1-44(2,3)46-40-21-13-12-20-38(40)39-28-24-34(30-42(39)46)31-22-26-36(27-23-31)45(35-17-8-5-9-18-35)41-29-25-32-14-10-11-19-37(32)43(41)33-15-6-4-7-16-33/h4-30H,1-3H3. The Balaban J connectivity index is 1.28. The van der Waals surface area contributed by atoms with Crippen molar-refractivity contribution < 1.29 is 0 Å². The molecule has 0 N–H and O–H groups in total. The van der Waals surface area contributed by atoms with E-state index in [9.17, 15) is 0 Å². The summed E-state index contributed by atoms with van der Waals surface area (Å²) in [5, 5.41) is 5.08. The van der Waals surface area contributed by atoms with Crippen LogP contribution in [0, 0.1) is 0 Å². The first kappa shape index (κ1) is 27.9. The average Bonchev–Trinajstić information content (AvgIpc) is 3.44. The van der Waals surface area contributed by atoms with Gasteiger partial charge in [0.05, 0.1) is 11.2 Å². The first-order chi connectivity index (χ1) is 22.5. The Morgan fingerprint density at radius 2 is 1.02 bits per heavy atom. The van der Waals surface area contributed by atoms with Crippen LogP contribution in [0.3, 0.4) is 0 Å². The van der Waals surface area contributed by atoms with E-state index >= 15 is 0 Å². The van der Waals surface area contributed by atoms with E-state index in [1.54, 1.807) is 0 Å². The SMILES string of the molecule is CC(C)(C)n1c2ccccc2c2ccc(-c3ccc(N(c4ccccc4)c4ccc5ccccc5c4-c4ccccc4)cc3)cc21. The highest BCUT2D eigenvalue weighted by molar-refractivity contribution is 6.09. The molecule has 7 aromatic carbocycles. The molecule has 8 aromatic rings. The number of fused-ring (bicyclic) bond motifs is 4. The Bertz CT molecular complexity index is 2320. The molecule has 0 atom stereocenters. The first-order valence-corrected chi connectivity index (χ1v) is 16.0. The molecule has 1 heterocycles. The Morgan fingerprint density at radius 3 is 1.76 bits per heavy atom. The van der Waals surface area contributed by atoms with Crippen molar-refractivity contribution in [2.75, 3.05) is 4.90 Å². The first-order valence-electron chi connectivity index (χ1n) is 16.0. The third kappa shape index (κ3) is 4.74. The van der Waals surface area contributed by atoms with E-state index in [4.69, 9.17) is 0 Å². The molecule has 0 aliphatic heterocycles. The summed E-state index contributed by atoms with van der Waals surface area (Å²) >= 11 is 0. The zero-order chi connectivity index (χ0) is 31.3. The lowest BCUT2D eigenvalue weighted by Crippen LogP contribution is -2.21. The predicted molar refractivity (Wildman–Crippen MR) is 198 cm³/mol. The van der Waals surface area contributed by atoms with Crippen molar-refractivity contribution >= 4 is 49.6 Å². The highest BCUT2D eigenvalue weighted by Crippen LogP contribution is 2.44. The second-order valence-electron chi connectivity index (χ2n) is 13.0. The molecule has 0 aliphatic rings. The summed E-state index contributed by atoms with van der Waals surface area (Å²) in [6.45, 7) is 6.86. The van der Waals surface area contributed by atoms with Crippen molar-refractivity contribution in [2.24, 2.45) is 0 Å². The van der Waals surface area contributed by atoms with Crippen LogP contribution in [0.5, 0.6) is 0 Å². The maximum atomic E-state index is 2.48. The summed E-state index contributed by atoms with van der Waals surface area (Å²) in [5.74, 6) is 0. The van der Waals surface area contributed by atoms with E-state index in [0.29, 0.717) is 0 Å². The molecule has 0 saturated carbocycles. The molecular formula is C44H36N2. The van der Waals surface area contributed by atoms with E-state index in [1.807, 2.05) is 0 Å². The Hall–Kier alpha value is -5.60. The van der Waals surface area contributed by atoms with Gasteiger partial charge in [0, 0.05) is 38.8 Å². The third-order valence-electron chi connectivity index (χ3n) is 9.03. The third-order valence-corrected chi connectivity index (χ3v) is 9.03. The quantitative estimate of drug-likeness (QED) is 0.193. The molecule has 0 spiro atoms. The maximum absolute atomic E-state index is 2.48. The van der Waals surface area contributed by atoms with Crippen LogP contribution < -0.4 is 4.90 Å². The number of aromatic nitrogens is 1. The Kier molecular flexibility index (Phi) is 6.73. The van der Waals surface area contributed by atoms with Crippen LogP contribution >= 0.6 is 0 Å². The van der Waals surface area contributed by atoms with E-state index in [0.717, 1.165) is 17.1 Å². The number of hydrogen-bond donors (Lipinski definition) is 0. The van der Waals surface area contributed by atoms with Gasteiger partial charge < -0.3 is 9.47 Å². The monoisotopic (exact) mass is 592 g/mol. The van der Waals surface area contributed by atoms with Crippen LogP contribution in [-0.4, -0.2) is 4.57 Å². The maximum Gasteiger partial charge on any atom is 0.0546 e. The van der Waals surface area contributed by atoms with Gasteiger partial charge in [-0.05, 0) is 90.7 Å². The average molecular weight is 593 g/mol. The van der Waals surface area contributed by atoms with Crippen molar-refractivity contribution in [2.45, 2.75) is 26.3 Å². The number of rotatable bonds is 5. The smallest absolute Gasteiger partial charge is 0.0546 e. The summed E-state index contributed by atoms with van der Waals surface area (Å²) in [6.07, 6.45) is 0. The zero-order valence-corrected chi connectivity index (χ0v) is 26.5. The predicted octanol–water partition coefficient (Wildman–Crippen LogP) is 12.5. The van der Waals surface area contributed by atoms with Crippen LogP contribution in [0.1, 0.15) is 20.8 Å². The fourth-order valence-corrected chi connectivity index (χ4v) is 7.03. The molecule has 46 heavy (non-hydrogen) atoms. The lowest BCUT2D eigenvalue weighted by Gasteiger charge is -2.29. The number of hydrogen-bond acceptors (Lipinski definition) is 1. The van der Waals surface area contributed by atoms with Crippen molar-refractivity contribution in [3.05, 3.63) is 164 Å². The van der Waals surface area contributed by atoms with Crippen LogP contribution in [0.2, 0.25) is 0 Å². The van der Waals surface area contributed by atoms with Crippen LogP contribution in [-0.2, 0) is 5.54 Å². The number of benzene rings is 7. The number of nitrogens with zero attached hydrogens (tertiary/aromatic N) is 2. The molecule has 0 saturated heterocycles. The Morgan fingerprint density at radius 1 is 0.435 bits per heavy atom. The van der Waals surface area contributed by atoms with Crippen LogP contribution in [0.4, 0.5) is 17.1 Å². The van der Waals surface area contributed by atoms with Gasteiger partial charge in [-0.15, -0.1) is 0 Å². The molecular weight excluding hydrogens is 556 g/mol. The van der Waals surface area contributed by atoms with Gasteiger partial charge in [-0.1, -0.05) is 121 Å². The summed E-state index contributed by atoms with van der Waals surface area (Å²) in [4.78, 5) is 2.39. The van der Waals surface area contributed by atoms with Gasteiger partial charge in [-0.3, -0.25) is 0 Å². The molecule has 0 radical (unpaired) electrons. The molecule has 0 bridgehead atoms. The van der Waals surface area contributed by atoms with Crippen molar-refractivity contribution in [3.8, 4) is 22.3 Å². The van der Waals surface area contributed by atoms with Gasteiger partial charge in [0.25, 0.3) is 0 Å². The van der Waals surface area contributed by atoms with Crippen molar-refractivity contribution in [1.29, 1.82) is 0 Å². The fraction of sp³-hybridized carbons (Fsp3) is 0.0909. The normalized spacial score (nSPS) is 11.8. The van der Waals surface area contributed by atoms with E-state index in [1.165, 1.54) is 54.8 Å². The molecule has 0 aliphatic carbocycles. The molecule has 1 aromatic heterocycles. The van der Waals surface area contributed by atoms with Crippen molar-refractivity contribution in [1.82, 2.24) is 4.57 Å². The summed E-state index contributed by atoms with van der Waals surface area (Å²) in [5.41, 5.74) is 10.7. The second kappa shape index (κ2) is 11.1. The summed E-state index contributed by atoms with van der Waals surface area (Å²) < 4.78 is 2.48. The fourth-order valence-electron chi connectivity index (χ4n) is 7.03. The topological polar surface area (TPSA) is 8.17 Å². The molecule has 2 heteroatoms. The number of para-hydroxylation sites is 2. The summed E-state index contributed by atoms with van der Waals surface area (Å²) in [6, 6.07) is 59.4.